The Balaban J connectivity index is 1.90. The number of amides is 1. The van der Waals surface area contributed by atoms with Crippen molar-refractivity contribution in [3.8, 4) is 0 Å². The predicted molar refractivity (Wildman–Crippen MR) is 88.3 cm³/mol. The second kappa shape index (κ2) is 6.68. The van der Waals surface area contributed by atoms with Crippen LogP contribution < -0.4 is 0 Å². The molecule has 3 heterocycles. The van der Waals surface area contributed by atoms with Crippen molar-refractivity contribution in [1.82, 2.24) is 19.2 Å². The number of hydrogen-bond donors (Lipinski definition) is 1. The summed E-state index contributed by atoms with van der Waals surface area (Å²) in [7, 11) is 1.83. The summed E-state index contributed by atoms with van der Waals surface area (Å²) in [5, 5.41) is 9.48. The van der Waals surface area contributed by atoms with Crippen molar-refractivity contribution >= 4 is 11.6 Å². The summed E-state index contributed by atoms with van der Waals surface area (Å²) in [6, 6.07) is 5.78. The van der Waals surface area contributed by atoms with Crippen molar-refractivity contribution in [2.45, 2.75) is 32.4 Å². The first-order valence-electron chi connectivity index (χ1n) is 8.22. The molecule has 124 valence electrons. The van der Waals surface area contributed by atoms with E-state index in [-0.39, 0.29) is 12.0 Å². The molecule has 1 aliphatic rings. The third kappa shape index (κ3) is 3.23. The van der Waals surface area contributed by atoms with Gasteiger partial charge >= 0.3 is 0 Å². The number of carbonyl (C=O) groups is 1. The Bertz CT molecular complexity index is 691. The van der Waals surface area contributed by atoms with Crippen molar-refractivity contribution in [3.05, 3.63) is 35.8 Å². The number of β-amino-alcohol motifs (C(OH)–C–C–N with tert-alkyl or cyclic N) is 1. The van der Waals surface area contributed by atoms with E-state index in [2.05, 4.69) is 16.8 Å². The van der Waals surface area contributed by atoms with Crippen LogP contribution in [0.25, 0.3) is 5.65 Å². The number of aliphatic hydroxyl groups is 1. The van der Waals surface area contributed by atoms with Gasteiger partial charge in [0.15, 0.2) is 5.69 Å². The van der Waals surface area contributed by atoms with Crippen molar-refractivity contribution in [2.75, 3.05) is 26.7 Å². The Kier molecular flexibility index (Phi) is 4.63. The van der Waals surface area contributed by atoms with E-state index in [0.29, 0.717) is 25.3 Å². The van der Waals surface area contributed by atoms with Gasteiger partial charge in [-0.3, -0.25) is 9.69 Å². The number of unbranched alkanes of at least 4 members (excludes halogenated alkanes) is 1. The zero-order valence-electron chi connectivity index (χ0n) is 13.8. The highest BCUT2D eigenvalue weighted by Crippen LogP contribution is 2.19. The minimum Gasteiger partial charge on any atom is -0.390 e. The van der Waals surface area contributed by atoms with Gasteiger partial charge in [-0.25, -0.2) is 4.98 Å². The average Bonchev–Trinajstić information content (AvgIpc) is 2.89. The van der Waals surface area contributed by atoms with Crippen LogP contribution in [0.4, 0.5) is 0 Å². The van der Waals surface area contributed by atoms with Crippen LogP contribution in [-0.4, -0.2) is 63.0 Å². The first-order valence-corrected chi connectivity index (χ1v) is 8.22. The zero-order chi connectivity index (χ0) is 16.4. The average molecular weight is 316 g/mol. The summed E-state index contributed by atoms with van der Waals surface area (Å²) in [5.41, 5.74) is 2.22. The number of aliphatic hydroxyl groups excluding tert-OH is 1. The molecule has 0 bridgehead atoms. The number of carbonyl (C=O) groups excluding carboxylic acids is 1. The first kappa shape index (κ1) is 16.0. The molecule has 0 saturated carbocycles. The van der Waals surface area contributed by atoms with E-state index >= 15 is 0 Å². The number of nitrogens with zero attached hydrogens (tertiary/aromatic N) is 4. The van der Waals surface area contributed by atoms with E-state index in [4.69, 9.17) is 0 Å². The number of hydrogen-bond acceptors (Lipinski definition) is 4. The molecule has 1 amide bonds. The molecule has 2 aromatic rings. The second-order valence-electron chi connectivity index (χ2n) is 6.26. The Morgan fingerprint density at radius 1 is 1.43 bits per heavy atom. The van der Waals surface area contributed by atoms with Crippen molar-refractivity contribution in [1.29, 1.82) is 0 Å². The molecule has 6 nitrogen and oxygen atoms in total. The summed E-state index contributed by atoms with van der Waals surface area (Å²) in [5.74, 6) is -0.0294. The van der Waals surface area contributed by atoms with Gasteiger partial charge in [0.1, 0.15) is 5.65 Å². The zero-order valence-corrected chi connectivity index (χ0v) is 13.8. The summed E-state index contributed by atoms with van der Waals surface area (Å²) >= 11 is 0. The van der Waals surface area contributed by atoms with Crippen LogP contribution in [0.1, 0.15) is 35.9 Å². The molecule has 1 saturated heterocycles. The summed E-state index contributed by atoms with van der Waals surface area (Å²) in [4.78, 5) is 21.2. The van der Waals surface area contributed by atoms with Gasteiger partial charge in [0, 0.05) is 39.4 Å². The number of aromatic nitrogens is 2. The maximum atomic E-state index is 12.8. The van der Waals surface area contributed by atoms with Crippen LogP contribution in [0.15, 0.2) is 24.4 Å². The molecule has 23 heavy (non-hydrogen) atoms. The number of pyridine rings is 1. The fourth-order valence-electron chi connectivity index (χ4n) is 2.93. The van der Waals surface area contributed by atoms with Crippen molar-refractivity contribution in [2.24, 2.45) is 0 Å². The quantitative estimate of drug-likeness (QED) is 0.875. The minimum atomic E-state index is -0.249. The minimum absolute atomic E-state index is 0.0294. The molecular weight excluding hydrogens is 292 g/mol. The lowest BCUT2D eigenvalue weighted by atomic mass is 10.1. The molecule has 2 aromatic heterocycles. The van der Waals surface area contributed by atoms with Gasteiger partial charge in [-0.15, -0.1) is 0 Å². The summed E-state index contributed by atoms with van der Waals surface area (Å²) in [6.45, 7) is 4.79. The first-order chi connectivity index (χ1) is 11.1. The smallest absolute Gasteiger partial charge is 0.274 e. The van der Waals surface area contributed by atoms with Crippen LogP contribution in [0, 0.1) is 0 Å². The van der Waals surface area contributed by atoms with Crippen molar-refractivity contribution in [3.63, 3.8) is 0 Å². The summed E-state index contributed by atoms with van der Waals surface area (Å²) in [6.07, 6.45) is 3.74. The monoisotopic (exact) mass is 316 g/mol. The van der Waals surface area contributed by atoms with E-state index < -0.39 is 0 Å². The fraction of sp³-hybridized carbons (Fsp3) is 0.529. The molecular formula is C17H24N4O2. The molecule has 1 N–H and O–H groups in total. The highest BCUT2D eigenvalue weighted by atomic mass is 16.3. The van der Waals surface area contributed by atoms with Gasteiger partial charge in [-0.2, -0.15) is 0 Å². The Hall–Kier alpha value is -1.92. The Labute approximate surface area is 136 Å². The molecule has 0 spiro atoms. The van der Waals surface area contributed by atoms with Crippen LogP contribution >= 0.6 is 0 Å². The standard InChI is InChI=1S/C17H24N4O2/c1-3-4-8-19(2)17(23)16-14(12-20-10-13(22)11-20)21-9-6-5-7-15(21)18-16/h5-7,9,13,22H,3-4,8,10-12H2,1-2H3. The highest BCUT2D eigenvalue weighted by Gasteiger charge is 2.28. The number of fused-ring (bicyclic) bond motifs is 1. The molecule has 0 radical (unpaired) electrons. The molecule has 0 aliphatic carbocycles. The van der Waals surface area contributed by atoms with Crippen LogP contribution in [0.5, 0.6) is 0 Å². The predicted octanol–water partition coefficient (Wildman–Crippen LogP) is 1.38. The van der Waals surface area contributed by atoms with Gasteiger partial charge in [0.05, 0.1) is 11.8 Å². The largest absolute Gasteiger partial charge is 0.390 e. The molecule has 6 heteroatoms. The normalized spacial score (nSPS) is 15.8. The maximum Gasteiger partial charge on any atom is 0.274 e. The molecule has 3 rings (SSSR count). The SMILES string of the molecule is CCCCN(C)C(=O)c1nc2ccccn2c1CN1CC(O)C1. The third-order valence-electron chi connectivity index (χ3n) is 4.34. The fourth-order valence-corrected chi connectivity index (χ4v) is 2.93. The summed E-state index contributed by atoms with van der Waals surface area (Å²) < 4.78 is 1.98. The van der Waals surface area contributed by atoms with Crippen LogP contribution in [0.3, 0.4) is 0 Å². The molecule has 1 aliphatic heterocycles. The lowest BCUT2D eigenvalue weighted by Crippen LogP contribution is -2.50. The lowest BCUT2D eigenvalue weighted by molar-refractivity contribution is -0.00382. The molecule has 0 aromatic carbocycles. The highest BCUT2D eigenvalue weighted by molar-refractivity contribution is 5.94. The van der Waals surface area contributed by atoms with Crippen LogP contribution in [-0.2, 0) is 6.54 Å². The molecule has 0 atom stereocenters. The van der Waals surface area contributed by atoms with Crippen molar-refractivity contribution < 1.29 is 9.90 Å². The molecule has 0 unspecified atom stereocenters. The van der Waals surface area contributed by atoms with Gasteiger partial charge in [0.25, 0.3) is 5.91 Å². The van der Waals surface area contributed by atoms with Gasteiger partial charge in [0.2, 0.25) is 0 Å². The van der Waals surface area contributed by atoms with Gasteiger partial charge in [-0.1, -0.05) is 19.4 Å². The third-order valence-corrected chi connectivity index (χ3v) is 4.34. The Morgan fingerprint density at radius 3 is 2.91 bits per heavy atom. The number of imidazole rings is 1. The van der Waals surface area contributed by atoms with Crippen LogP contribution in [0.2, 0.25) is 0 Å². The topological polar surface area (TPSA) is 61.1 Å². The van der Waals surface area contributed by atoms with Gasteiger partial charge in [-0.05, 0) is 18.6 Å². The maximum absolute atomic E-state index is 12.8. The number of likely N-dealkylation sites (tertiary alicyclic amines) is 1. The van der Waals surface area contributed by atoms with Gasteiger partial charge < -0.3 is 14.4 Å². The van der Waals surface area contributed by atoms with E-state index in [9.17, 15) is 9.90 Å². The van der Waals surface area contributed by atoms with E-state index in [1.807, 2.05) is 35.8 Å². The molecule has 1 fully saturated rings. The van der Waals surface area contributed by atoms with E-state index in [1.54, 1.807) is 4.90 Å². The lowest BCUT2D eigenvalue weighted by Gasteiger charge is -2.35. The Morgan fingerprint density at radius 2 is 2.22 bits per heavy atom. The second-order valence-corrected chi connectivity index (χ2v) is 6.26. The van der Waals surface area contributed by atoms with E-state index in [0.717, 1.165) is 30.7 Å². The van der Waals surface area contributed by atoms with E-state index in [1.165, 1.54) is 0 Å². The number of rotatable bonds is 6.